The minimum absolute atomic E-state index is 0.0332. The first-order chi connectivity index (χ1) is 10.1. The number of hydrogen-bond acceptors (Lipinski definition) is 2. The third kappa shape index (κ3) is 3.50. The van der Waals surface area contributed by atoms with Gasteiger partial charge in [-0.05, 0) is 31.0 Å². The van der Waals surface area contributed by atoms with Crippen molar-refractivity contribution in [2.45, 2.75) is 39.8 Å². The van der Waals surface area contributed by atoms with Gasteiger partial charge in [0.05, 0.1) is 23.0 Å². The summed E-state index contributed by atoms with van der Waals surface area (Å²) in [5.74, 6) is 0. The summed E-state index contributed by atoms with van der Waals surface area (Å²) in [5, 5.41) is 8.66. The molecule has 1 heterocycles. The summed E-state index contributed by atoms with van der Waals surface area (Å²) in [7, 11) is 0. The van der Waals surface area contributed by atoms with Crippen LogP contribution in [-0.4, -0.2) is 16.3 Å². The van der Waals surface area contributed by atoms with Crippen molar-refractivity contribution in [2.75, 3.05) is 6.54 Å². The smallest absolute Gasteiger partial charge is 0.0837 e. The molecule has 0 spiro atoms. The van der Waals surface area contributed by atoms with Gasteiger partial charge in [0.25, 0.3) is 0 Å². The van der Waals surface area contributed by atoms with Gasteiger partial charge in [-0.1, -0.05) is 59.6 Å². The van der Waals surface area contributed by atoms with Crippen LogP contribution in [0.1, 0.15) is 43.1 Å². The third-order valence-electron chi connectivity index (χ3n) is 3.48. The molecule has 2 aromatic rings. The summed E-state index contributed by atoms with van der Waals surface area (Å²) >= 11 is 10.1. The summed E-state index contributed by atoms with van der Waals surface area (Å²) in [6.07, 6.45) is 2.76. The molecule has 0 aliphatic carbocycles. The van der Waals surface area contributed by atoms with Crippen LogP contribution in [0.3, 0.4) is 0 Å². The molecule has 0 aliphatic heterocycles. The number of aromatic nitrogens is 2. The van der Waals surface area contributed by atoms with Gasteiger partial charge in [0.1, 0.15) is 0 Å². The molecule has 114 valence electrons. The standard InChI is InChI=1S/C16H21BrClN3/c1-4-9-21-16(13(18)10-20-21)15(19-5-2)12-8-6-7-11(3)14(12)17/h6-8,10,15,19H,4-5,9H2,1-3H3. The predicted molar refractivity (Wildman–Crippen MR) is 91.9 cm³/mol. The zero-order chi connectivity index (χ0) is 15.4. The number of halogens is 2. The maximum atomic E-state index is 6.41. The molecule has 0 saturated carbocycles. The van der Waals surface area contributed by atoms with Crippen LogP contribution in [-0.2, 0) is 6.54 Å². The summed E-state index contributed by atoms with van der Waals surface area (Å²) in [6.45, 7) is 8.07. The number of nitrogens with zero attached hydrogens (tertiary/aromatic N) is 2. The molecule has 0 saturated heterocycles. The number of rotatable bonds is 6. The van der Waals surface area contributed by atoms with Gasteiger partial charge in [-0.15, -0.1) is 0 Å². The molecule has 0 fully saturated rings. The average molecular weight is 371 g/mol. The Balaban J connectivity index is 2.53. The Morgan fingerprint density at radius 2 is 2.14 bits per heavy atom. The Morgan fingerprint density at radius 3 is 2.81 bits per heavy atom. The van der Waals surface area contributed by atoms with E-state index >= 15 is 0 Å². The fourth-order valence-corrected chi connectivity index (χ4v) is 3.24. The fourth-order valence-electron chi connectivity index (χ4n) is 2.50. The lowest BCUT2D eigenvalue weighted by molar-refractivity contribution is 0.519. The molecule has 0 radical (unpaired) electrons. The minimum Gasteiger partial charge on any atom is -0.305 e. The highest BCUT2D eigenvalue weighted by Crippen LogP contribution is 2.34. The Hall–Kier alpha value is -0.840. The maximum absolute atomic E-state index is 6.41. The van der Waals surface area contributed by atoms with Gasteiger partial charge in [-0.25, -0.2) is 0 Å². The second-order valence-electron chi connectivity index (χ2n) is 5.07. The summed E-state index contributed by atoms with van der Waals surface area (Å²) in [4.78, 5) is 0. The van der Waals surface area contributed by atoms with Crippen molar-refractivity contribution >= 4 is 27.5 Å². The van der Waals surface area contributed by atoms with E-state index in [4.69, 9.17) is 11.6 Å². The van der Waals surface area contributed by atoms with Gasteiger partial charge < -0.3 is 5.32 Å². The third-order valence-corrected chi connectivity index (χ3v) is 4.86. The lowest BCUT2D eigenvalue weighted by Crippen LogP contribution is -2.25. The van der Waals surface area contributed by atoms with Crippen LogP contribution in [0.2, 0.25) is 5.02 Å². The van der Waals surface area contributed by atoms with Crippen molar-refractivity contribution < 1.29 is 0 Å². The van der Waals surface area contributed by atoms with Gasteiger partial charge in [0, 0.05) is 11.0 Å². The molecule has 1 atom stereocenters. The van der Waals surface area contributed by atoms with Crippen molar-refractivity contribution in [2.24, 2.45) is 0 Å². The van der Waals surface area contributed by atoms with Crippen LogP contribution in [0.5, 0.6) is 0 Å². The van der Waals surface area contributed by atoms with Crippen LogP contribution < -0.4 is 5.32 Å². The van der Waals surface area contributed by atoms with E-state index in [1.165, 1.54) is 11.1 Å². The molecule has 5 heteroatoms. The highest BCUT2D eigenvalue weighted by Gasteiger charge is 2.23. The molecule has 1 unspecified atom stereocenters. The Labute approximate surface area is 139 Å². The Morgan fingerprint density at radius 1 is 1.38 bits per heavy atom. The van der Waals surface area contributed by atoms with E-state index in [0.29, 0.717) is 5.02 Å². The van der Waals surface area contributed by atoms with Gasteiger partial charge in [0.2, 0.25) is 0 Å². The van der Waals surface area contributed by atoms with E-state index in [-0.39, 0.29) is 6.04 Å². The largest absolute Gasteiger partial charge is 0.305 e. The summed E-state index contributed by atoms with van der Waals surface area (Å²) in [5.41, 5.74) is 3.44. The van der Waals surface area contributed by atoms with Gasteiger partial charge in [-0.3, -0.25) is 4.68 Å². The van der Waals surface area contributed by atoms with Crippen molar-refractivity contribution in [3.05, 3.63) is 50.7 Å². The second-order valence-corrected chi connectivity index (χ2v) is 6.27. The zero-order valence-corrected chi connectivity index (χ0v) is 15.0. The topological polar surface area (TPSA) is 29.9 Å². The molecule has 0 aliphatic rings. The normalized spacial score (nSPS) is 12.6. The molecule has 0 amide bonds. The average Bonchev–Trinajstić information content (AvgIpc) is 2.81. The molecule has 1 N–H and O–H groups in total. The van der Waals surface area contributed by atoms with E-state index in [2.05, 4.69) is 65.3 Å². The van der Waals surface area contributed by atoms with Gasteiger partial charge >= 0.3 is 0 Å². The molecular formula is C16H21BrClN3. The van der Waals surface area contributed by atoms with Gasteiger partial charge in [-0.2, -0.15) is 5.10 Å². The maximum Gasteiger partial charge on any atom is 0.0837 e. The predicted octanol–water partition coefficient (Wildman–Crippen LogP) is 4.72. The summed E-state index contributed by atoms with van der Waals surface area (Å²) in [6, 6.07) is 6.34. The van der Waals surface area contributed by atoms with Crippen LogP contribution >= 0.6 is 27.5 Å². The number of aryl methyl sites for hydroxylation is 2. The van der Waals surface area contributed by atoms with Crippen LogP contribution in [0, 0.1) is 6.92 Å². The van der Waals surface area contributed by atoms with E-state index in [1.54, 1.807) is 6.20 Å². The first-order valence-corrected chi connectivity index (χ1v) is 8.46. The lowest BCUT2D eigenvalue weighted by Gasteiger charge is -2.22. The zero-order valence-electron chi connectivity index (χ0n) is 12.7. The molecule has 1 aromatic heterocycles. The quantitative estimate of drug-likeness (QED) is 0.797. The van der Waals surface area contributed by atoms with Crippen molar-refractivity contribution in [3.63, 3.8) is 0 Å². The van der Waals surface area contributed by atoms with Crippen LogP contribution in [0.15, 0.2) is 28.9 Å². The highest BCUT2D eigenvalue weighted by molar-refractivity contribution is 9.10. The highest BCUT2D eigenvalue weighted by atomic mass is 79.9. The lowest BCUT2D eigenvalue weighted by atomic mass is 10.0. The van der Waals surface area contributed by atoms with Crippen LogP contribution in [0.25, 0.3) is 0 Å². The molecule has 0 bridgehead atoms. The SMILES string of the molecule is CCCn1ncc(Cl)c1C(NCC)c1cccc(C)c1Br. The molecule has 2 rings (SSSR count). The van der Waals surface area contributed by atoms with E-state index in [1.807, 2.05) is 4.68 Å². The first kappa shape index (κ1) is 16.5. The van der Waals surface area contributed by atoms with E-state index in [9.17, 15) is 0 Å². The monoisotopic (exact) mass is 369 g/mol. The fraction of sp³-hybridized carbons (Fsp3) is 0.438. The first-order valence-electron chi connectivity index (χ1n) is 7.29. The minimum atomic E-state index is 0.0332. The second kappa shape index (κ2) is 7.43. The Bertz CT molecular complexity index is 610. The van der Waals surface area contributed by atoms with Crippen molar-refractivity contribution in [3.8, 4) is 0 Å². The van der Waals surface area contributed by atoms with Crippen molar-refractivity contribution in [1.29, 1.82) is 0 Å². The number of hydrogen-bond donors (Lipinski definition) is 1. The summed E-state index contributed by atoms with van der Waals surface area (Å²) < 4.78 is 3.13. The van der Waals surface area contributed by atoms with E-state index < -0.39 is 0 Å². The molecule has 3 nitrogen and oxygen atoms in total. The number of nitrogens with one attached hydrogen (secondary N) is 1. The van der Waals surface area contributed by atoms with E-state index in [0.717, 1.165) is 29.7 Å². The van der Waals surface area contributed by atoms with Gasteiger partial charge in [0.15, 0.2) is 0 Å². The van der Waals surface area contributed by atoms with Crippen LogP contribution in [0.4, 0.5) is 0 Å². The number of benzene rings is 1. The molecule has 1 aromatic carbocycles. The Kier molecular flexibility index (Phi) is 5.85. The molecule has 21 heavy (non-hydrogen) atoms. The molecular weight excluding hydrogens is 350 g/mol. The van der Waals surface area contributed by atoms with Crippen molar-refractivity contribution in [1.82, 2.24) is 15.1 Å².